The van der Waals surface area contributed by atoms with E-state index in [-0.39, 0.29) is 6.29 Å². The third-order valence-corrected chi connectivity index (χ3v) is 2.42. The Morgan fingerprint density at radius 2 is 2.25 bits per heavy atom. The van der Waals surface area contributed by atoms with Gasteiger partial charge in [0, 0.05) is 13.0 Å². The molecule has 0 spiro atoms. The molecule has 0 N–H and O–H groups in total. The monoisotopic (exact) mass is 168 g/mol. The lowest BCUT2D eigenvalue weighted by atomic mass is 10.1. The summed E-state index contributed by atoms with van der Waals surface area (Å²) in [4.78, 5) is 0. The molecule has 0 aromatic rings. The number of rotatable bonds is 2. The fraction of sp³-hybridized carbons (Fsp3) is 0.800. The van der Waals surface area contributed by atoms with E-state index in [0.29, 0.717) is 6.10 Å². The smallest absolute Gasteiger partial charge is 0.158 e. The minimum Gasteiger partial charge on any atom is -0.353 e. The van der Waals surface area contributed by atoms with Gasteiger partial charge in [-0.2, -0.15) is 0 Å². The number of hydrogen-bond donors (Lipinski definition) is 0. The van der Waals surface area contributed by atoms with Crippen LogP contribution in [0.15, 0.2) is 12.2 Å². The lowest BCUT2D eigenvalue weighted by Gasteiger charge is -2.20. The van der Waals surface area contributed by atoms with Gasteiger partial charge >= 0.3 is 0 Å². The zero-order chi connectivity index (χ0) is 8.23. The van der Waals surface area contributed by atoms with Crippen LogP contribution in [-0.4, -0.2) is 19.0 Å². The molecule has 1 aliphatic carbocycles. The molecule has 2 rings (SSSR count). The Labute approximate surface area is 73.5 Å². The van der Waals surface area contributed by atoms with E-state index in [1.54, 1.807) is 0 Å². The molecule has 12 heavy (non-hydrogen) atoms. The van der Waals surface area contributed by atoms with Crippen molar-refractivity contribution in [1.82, 2.24) is 0 Å². The topological polar surface area (TPSA) is 18.5 Å². The molecule has 1 saturated heterocycles. The van der Waals surface area contributed by atoms with Crippen molar-refractivity contribution in [2.45, 2.75) is 44.5 Å². The van der Waals surface area contributed by atoms with Crippen LogP contribution in [0, 0.1) is 0 Å². The summed E-state index contributed by atoms with van der Waals surface area (Å²) in [7, 11) is 0. The van der Waals surface area contributed by atoms with Gasteiger partial charge in [0.05, 0.1) is 6.10 Å². The van der Waals surface area contributed by atoms with Crippen LogP contribution in [0.25, 0.3) is 0 Å². The molecule has 0 saturated carbocycles. The van der Waals surface area contributed by atoms with Gasteiger partial charge in [-0.1, -0.05) is 12.2 Å². The normalized spacial score (nSPS) is 35.7. The molecule has 2 nitrogen and oxygen atoms in total. The third-order valence-electron chi connectivity index (χ3n) is 2.42. The molecular weight excluding hydrogens is 152 g/mol. The van der Waals surface area contributed by atoms with Gasteiger partial charge in [0.25, 0.3) is 0 Å². The van der Waals surface area contributed by atoms with Crippen molar-refractivity contribution in [2.75, 3.05) is 6.61 Å². The summed E-state index contributed by atoms with van der Waals surface area (Å²) >= 11 is 0. The van der Waals surface area contributed by atoms with E-state index in [1.807, 2.05) is 0 Å². The molecule has 0 radical (unpaired) electrons. The molecule has 1 heterocycles. The molecule has 68 valence electrons. The van der Waals surface area contributed by atoms with Crippen LogP contribution >= 0.6 is 0 Å². The first-order valence-electron chi connectivity index (χ1n) is 4.89. The van der Waals surface area contributed by atoms with Crippen molar-refractivity contribution in [3.8, 4) is 0 Å². The van der Waals surface area contributed by atoms with Gasteiger partial charge in [-0.3, -0.25) is 0 Å². The highest BCUT2D eigenvalue weighted by molar-refractivity contribution is 4.94. The first-order chi connectivity index (χ1) is 5.95. The van der Waals surface area contributed by atoms with E-state index in [4.69, 9.17) is 9.47 Å². The Kier molecular flexibility index (Phi) is 2.79. The van der Waals surface area contributed by atoms with E-state index in [0.717, 1.165) is 25.9 Å². The predicted octanol–water partition coefficient (Wildman–Crippen LogP) is 2.25. The highest BCUT2D eigenvalue weighted by Crippen LogP contribution is 2.20. The van der Waals surface area contributed by atoms with E-state index in [2.05, 4.69) is 12.2 Å². The van der Waals surface area contributed by atoms with Gasteiger partial charge in [-0.05, 0) is 25.7 Å². The quantitative estimate of drug-likeness (QED) is 0.589. The second-order valence-electron chi connectivity index (χ2n) is 3.48. The summed E-state index contributed by atoms with van der Waals surface area (Å²) in [6.45, 7) is 0.876. The van der Waals surface area contributed by atoms with Gasteiger partial charge in [0.15, 0.2) is 6.29 Å². The molecule has 0 amide bonds. The van der Waals surface area contributed by atoms with Crippen LogP contribution in [0.1, 0.15) is 32.1 Å². The fourth-order valence-electron chi connectivity index (χ4n) is 1.74. The Morgan fingerprint density at radius 3 is 2.92 bits per heavy atom. The van der Waals surface area contributed by atoms with Crippen molar-refractivity contribution in [3.05, 3.63) is 12.2 Å². The highest BCUT2D eigenvalue weighted by Gasteiger charge is 2.20. The van der Waals surface area contributed by atoms with Crippen LogP contribution in [-0.2, 0) is 9.47 Å². The number of hydrogen-bond acceptors (Lipinski definition) is 2. The van der Waals surface area contributed by atoms with Crippen LogP contribution in [0.4, 0.5) is 0 Å². The summed E-state index contributed by atoms with van der Waals surface area (Å²) in [5.41, 5.74) is 0. The van der Waals surface area contributed by atoms with Crippen LogP contribution in [0.5, 0.6) is 0 Å². The van der Waals surface area contributed by atoms with Crippen LogP contribution in [0.3, 0.4) is 0 Å². The van der Waals surface area contributed by atoms with E-state index < -0.39 is 0 Å². The molecule has 1 fully saturated rings. The van der Waals surface area contributed by atoms with Crippen LogP contribution < -0.4 is 0 Å². The average Bonchev–Trinajstić information content (AvgIpc) is 2.59. The largest absolute Gasteiger partial charge is 0.353 e. The van der Waals surface area contributed by atoms with Crippen molar-refractivity contribution in [1.29, 1.82) is 0 Å². The summed E-state index contributed by atoms with van der Waals surface area (Å²) in [5.74, 6) is 0. The lowest BCUT2D eigenvalue weighted by Crippen LogP contribution is -2.20. The molecule has 2 aliphatic rings. The van der Waals surface area contributed by atoms with Gasteiger partial charge in [-0.15, -0.1) is 0 Å². The molecule has 1 aliphatic heterocycles. The lowest BCUT2D eigenvalue weighted by molar-refractivity contribution is -0.133. The van der Waals surface area contributed by atoms with E-state index in [9.17, 15) is 0 Å². The zero-order valence-electron chi connectivity index (χ0n) is 7.37. The van der Waals surface area contributed by atoms with Crippen molar-refractivity contribution in [2.24, 2.45) is 0 Å². The zero-order valence-corrected chi connectivity index (χ0v) is 7.37. The first kappa shape index (κ1) is 8.27. The van der Waals surface area contributed by atoms with Crippen molar-refractivity contribution >= 4 is 0 Å². The number of allylic oxidation sites excluding steroid dienone is 1. The summed E-state index contributed by atoms with van der Waals surface area (Å²) in [5, 5.41) is 0. The second kappa shape index (κ2) is 4.06. The number of ether oxygens (including phenoxy) is 2. The third kappa shape index (κ3) is 2.08. The summed E-state index contributed by atoms with van der Waals surface area (Å²) in [6, 6.07) is 0. The summed E-state index contributed by atoms with van der Waals surface area (Å²) < 4.78 is 11.1. The molecule has 2 unspecified atom stereocenters. The summed E-state index contributed by atoms with van der Waals surface area (Å²) in [6.07, 6.45) is 10.6. The van der Waals surface area contributed by atoms with Gasteiger partial charge in [0.2, 0.25) is 0 Å². The predicted molar refractivity (Wildman–Crippen MR) is 46.8 cm³/mol. The molecule has 0 aromatic carbocycles. The maximum absolute atomic E-state index is 5.74. The Hall–Kier alpha value is -0.340. The average molecular weight is 168 g/mol. The maximum atomic E-state index is 5.74. The minimum atomic E-state index is 0.0812. The molecular formula is C10H16O2. The molecule has 0 bridgehead atoms. The first-order valence-corrected chi connectivity index (χ1v) is 4.89. The SMILES string of the molecule is C1=CC(OC2CCCO2)CCC1. The Bertz CT molecular complexity index is 159. The maximum Gasteiger partial charge on any atom is 0.158 e. The second-order valence-corrected chi connectivity index (χ2v) is 3.48. The minimum absolute atomic E-state index is 0.0812. The Balaban J connectivity index is 1.77. The van der Waals surface area contributed by atoms with Gasteiger partial charge in [0.1, 0.15) is 0 Å². The standard InChI is InChI=1S/C10H16O2/c1-2-5-9(6-3-1)12-10-7-4-8-11-10/h2,5,9-10H,1,3-4,6-8H2. The van der Waals surface area contributed by atoms with Crippen molar-refractivity contribution in [3.63, 3.8) is 0 Å². The van der Waals surface area contributed by atoms with Crippen LogP contribution in [0.2, 0.25) is 0 Å². The molecule has 2 heteroatoms. The van der Waals surface area contributed by atoms with Gasteiger partial charge < -0.3 is 9.47 Å². The molecule has 2 atom stereocenters. The van der Waals surface area contributed by atoms with Gasteiger partial charge in [-0.25, -0.2) is 0 Å². The van der Waals surface area contributed by atoms with E-state index in [1.165, 1.54) is 12.8 Å². The highest BCUT2D eigenvalue weighted by atomic mass is 16.7. The molecule has 0 aromatic heterocycles. The fourth-order valence-corrected chi connectivity index (χ4v) is 1.74. The van der Waals surface area contributed by atoms with Crippen molar-refractivity contribution < 1.29 is 9.47 Å². The van der Waals surface area contributed by atoms with E-state index >= 15 is 0 Å². The Morgan fingerprint density at radius 1 is 1.25 bits per heavy atom.